The van der Waals surface area contributed by atoms with Gasteiger partial charge >= 0.3 is 5.97 Å². The van der Waals surface area contributed by atoms with E-state index in [1.807, 2.05) is 0 Å². The number of methoxy groups -OCH3 is 1. The fourth-order valence-corrected chi connectivity index (χ4v) is 1.53. The normalized spacial score (nSPS) is 12.2. The molecule has 0 aliphatic rings. The summed E-state index contributed by atoms with van der Waals surface area (Å²) >= 11 is 5.79. The van der Waals surface area contributed by atoms with Crippen molar-refractivity contribution < 1.29 is 19.0 Å². The van der Waals surface area contributed by atoms with Crippen LogP contribution in [0.5, 0.6) is 5.75 Å². The minimum Gasteiger partial charge on any atom is -0.495 e. The number of rotatable bonds is 4. The molecule has 88 valence electrons. The first-order chi connectivity index (χ1) is 7.45. The number of benzene rings is 1. The summed E-state index contributed by atoms with van der Waals surface area (Å²) in [5.41, 5.74) is 5.60. The van der Waals surface area contributed by atoms with Crippen LogP contribution in [-0.2, 0) is 4.79 Å². The smallest absolute Gasteiger partial charge is 0.305 e. The molecule has 1 aromatic rings. The molecule has 16 heavy (non-hydrogen) atoms. The lowest BCUT2D eigenvalue weighted by Crippen LogP contribution is -2.16. The van der Waals surface area contributed by atoms with Crippen molar-refractivity contribution >= 4 is 17.6 Å². The Labute approximate surface area is 96.8 Å². The Kier molecular flexibility index (Phi) is 4.09. The van der Waals surface area contributed by atoms with Crippen LogP contribution in [0.3, 0.4) is 0 Å². The summed E-state index contributed by atoms with van der Waals surface area (Å²) in [5.74, 6) is -1.54. The Morgan fingerprint density at radius 2 is 2.31 bits per heavy atom. The van der Waals surface area contributed by atoms with Crippen molar-refractivity contribution in [2.75, 3.05) is 7.11 Å². The third kappa shape index (κ3) is 2.84. The average molecular weight is 248 g/mol. The number of hydrogen-bond donors (Lipinski definition) is 2. The molecule has 0 fully saturated rings. The third-order valence-corrected chi connectivity index (χ3v) is 2.36. The predicted molar refractivity (Wildman–Crippen MR) is 57.1 cm³/mol. The van der Waals surface area contributed by atoms with Crippen molar-refractivity contribution in [3.05, 3.63) is 28.5 Å². The summed E-state index contributed by atoms with van der Waals surface area (Å²) in [6.45, 7) is 0. The quantitative estimate of drug-likeness (QED) is 0.853. The van der Waals surface area contributed by atoms with E-state index in [1.165, 1.54) is 13.2 Å². The number of carbonyl (C=O) groups is 1. The van der Waals surface area contributed by atoms with Crippen LogP contribution in [0, 0.1) is 5.82 Å². The highest BCUT2D eigenvalue weighted by molar-refractivity contribution is 6.32. The topological polar surface area (TPSA) is 72.5 Å². The lowest BCUT2D eigenvalue weighted by molar-refractivity contribution is -0.137. The Hall–Kier alpha value is -1.33. The largest absolute Gasteiger partial charge is 0.495 e. The molecular formula is C10H11ClFNO3. The molecule has 1 aromatic carbocycles. The second kappa shape index (κ2) is 5.14. The zero-order chi connectivity index (χ0) is 12.3. The van der Waals surface area contributed by atoms with E-state index in [0.717, 1.165) is 6.07 Å². The minimum atomic E-state index is -1.10. The van der Waals surface area contributed by atoms with Crippen LogP contribution in [-0.4, -0.2) is 18.2 Å². The molecule has 3 N–H and O–H groups in total. The zero-order valence-corrected chi connectivity index (χ0v) is 9.29. The summed E-state index contributed by atoms with van der Waals surface area (Å²) in [6.07, 6.45) is -0.362. The maximum Gasteiger partial charge on any atom is 0.305 e. The van der Waals surface area contributed by atoms with Gasteiger partial charge in [0.1, 0.15) is 11.6 Å². The van der Waals surface area contributed by atoms with Gasteiger partial charge < -0.3 is 15.6 Å². The second-order valence-electron chi connectivity index (χ2n) is 3.21. The maximum absolute atomic E-state index is 13.5. The van der Waals surface area contributed by atoms with E-state index in [0.29, 0.717) is 0 Å². The molecule has 0 amide bonds. The van der Waals surface area contributed by atoms with Gasteiger partial charge in [-0.1, -0.05) is 11.6 Å². The van der Waals surface area contributed by atoms with Crippen LogP contribution in [0.2, 0.25) is 5.02 Å². The molecule has 6 heteroatoms. The molecule has 1 atom stereocenters. The van der Waals surface area contributed by atoms with Crippen LogP contribution in [0.1, 0.15) is 18.0 Å². The lowest BCUT2D eigenvalue weighted by atomic mass is 10.0. The second-order valence-corrected chi connectivity index (χ2v) is 3.62. The Morgan fingerprint density at radius 1 is 1.69 bits per heavy atom. The number of aliphatic carboxylic acids is 1. The van der Waals surface area contributed by atoms with Gasteiger partial charge in [0.2, 0.25) is 0 Å². The van der Waals surface area contributed by atoms with Crippen LogP contribution in [0.25, 0.3) is 0 Å². The van der Waals surface area contributed by atoms with Crippen molar-refractivity contribution in [2.24, 2.45) is 5.73 Å². The number of carboxylic acid groups (broad SMARTS) is 1. The van der Waals surface area contributed by atoms with Crippen LogP contribution in [0.4, 0.5) is 4.39 Å². The van der Waals surface area contributed by atoms with Crippen molar-refractivity contribution in [3.63, 3.8) is 0 Å². The minimum absolute atomic E-state index is 0.0631. The zero-order valence-electron chi connectivity index (χ0n) is 8.54. The molecule has 4 nitrogen and oxygen atoms in total. The molecule has 0 saturated carbocycles. The van der Waals surface area contributed by atoms with E-state index in [1.54, 1.807) is 0 Å². The van der Waals surface area contributed by atoms with Gasteiger partial charge in [-0.05, 0) is 6.07 Å². The summed E-state index contributed by atoms with van der Waals surface area (Å²) in [7, 11) is 1.36. The number of carboxylic acids is 1. The SMILES string of the molecule is COc1cc(F)c(C(N)CC(=O)O)cc1Cl. The monoisotopic (exact) mass is 247 g/mol. The van der Waals surface area contributed by atoms with Gasteiger partial charge in [0, 0.05) is 17.7 Å². The van der Waals surface area contributed by atoms with Crippen molar-refractivity contribution in [1.82, 2.24) is 0 Å². The van der Waals surface area contributed by atoms with Gasteiger partial charge in [0.05, 0.1) is 18.6 Å². The number of nitrogens with two attached hydrogens (primary N) is 1. The predicted octanol–water partition coefficient (Wildman–Crippen LogP) is 1.96. The maximum atomic E-state index is 13.5. The first-order valence-corrected chi connectivity index (χ1v) is 4.83. The van der Waals surface area contributed by atoms with Gasteiger partial charge in [-0.25, -0.2) is 4.39 Å². The molecular weight excluding hydrogens is 237 g/mol. The van der Waals surface area contributed by atoms with Crippen molar-refractivity contribution in [1.29, 1.82) is 0 Å². The summed E-state index contributed by atoms with van der Waals surface area (Å²) in [4.78, 5) is 10.4. The molecule has 1 rings (SSSR count). The molecule has 0 radical (unpaired) electrons. The Bertz CT molecular complexity index is 411. The highest BCUT2D eigenvalue weighted by atomic mass is 35.5. The summed E-state index contributed by atoms with van der Waals surface area (Å²) < 4.78 is 18.3. The van der Waals surface area contributed by atoms with Gasteiger partial charge in [0.25, 0.3) is 0 Å². The lowest BCUT2D eigenvalue weighted by Gasteiger charge is -2.12. The van der Waals surface area contributed by atoms with E-state index in [4.69, 9.17) is 27.2 Å². The third-order valence-electron chi connectivity index (χ3n) is 2.07. The van der Waals surface area contributed by atoms with E-state index in [9.17, 15) is 9.18 Å². The highest BCUT2D eigenvalue weighted by Gasteiger charge is 2.17. The first-order valence-electron chi connectivity index (χ1n) is 4.46. The number of hydrogen-bond acceptors (Lipinski definition) is 3. The number of ether oxygens (including phenoxy) is 1. The molecule has 0 aliphatic carbocycles. The van der Waals surface area contributed by atoms with E-state index in [2.05, 4.69) is 0 Å². The van der Waals surface area contributed by atoms with E-state index in [-0.39, 0.29) is 22.8 Å². The van der Waals surface area contributed by atoms with Crippen LogP contribution in [0.15, 0.2) is 12.1 Å². The van der Waals surface area contributed by atoms with Gasteiger partial charge in [0.15, 0.2) is 0 Å². The molecule has 0 spiro atoms. The molecule has 0 bridgehead atoms. The highest BCUT2D eigenvalue weighted by Crippen LogP contribution is 2.30. The molecule has 0 saturated heterocycles. The van der Waals surface area contributed by atoms with Crippen molar-refractivity contribution in [3.8, 4) is 5.75 Å². The fourth-order valence-electron chi connectivity index (χ4n) is 1.28. The molecule has 0 aromatic heterocycles. The number of halogens is 2. The summed E-state index contributed by atoms with van der Waals surface area (Å²) in [5, 5.41) is 8.74. The standard InChI is InChI=1S/C10H11ClFNO3/c1-16-9-3-7(12)5(2-6(9)11)8(13)4-10(14)15/h2-3,8H,4,13H2,1H3,(H,14,15). The van der Waals surface area contributed by atoms with Gasteiger partial charge in [-0.3, -0.25) is 4.79 Å². The van der Waals surface area contributed by atoms with Gasteiger partial charge in [-0.2, -0.15) is 0 Å². The van der Waals surface area contributed by atoms with Crippen LogP contribution >= 0.6 is 11.6 Å². The first kappa shape index (κ1) is 12.7. The summed E-state index contributed by atoms with van der Waals surface area (Å²) in [6, 6.07) is 1.43. The van der Waals surface area contributed by atoms with Crippen molar-refractivity contribution in [2.45, 2.75) is 12.5 Å². The Balaban J connectivity index is 3.05. The fraction of sp³-hybridized carbons (Fsp3) is 0.300. The average Bonchev–Trinajstić information content (AvgIpc) is 2.19. The molecule has 0 aliphatic heterocycles. The molecule has 1 unspecified atom stereocenters. The molecule has 0 heterocycles. The van der Waals surface area contributed by atoms with E-state index >= 15 is 0 Å². The van der Waals surface area contributed by atoms with E-state index < -0.39 is 17.8 Å². The Morgan fingerprint density at radius 3 is 2.81 bits per heavy atom. The van der Waals surface area contributed by atoms with Crippen LogP contribution < -0.4 is 10.5 Å². The van der Waals surface area contributed by atoms with Gasteiger partial charge in [-0.15, -0.1) is 0 Å².